The number of ether oxygens (including phenoxy) is 2. The van der Waals surface area contributed by atoms with E-state index in [9.17, 15) is 9.59 Å². The van der Waals surface area contributed by atoms with Crippen molar-refractivity contribution >= 4 is 18.0 Å². The Morgan fingerprint density at radius 1 is 1.23 bits per heavy atom. The van der Waals surface area contributed by atoms with E-state index in [1.807, 2.05) is 20.8 Å². The fourth-order valence-electron chi connectivity index (χ4n) is 1.89. The highest BCUT2D eigenvalue weighted by molar-refractivity contribution is 5.97. The first-order valence-electron chi connectivity index (χ1n) is 8.55. The van der Waals surface area contributed by atoms with Crippen LogP contribution in [0.15, 0.2) is 36.0 Å². The molecular weight excluding hydrogens is 334 g/mol. The summed E-state index contributed by atoms with van der Waals surface area (Å²) in [6, 6.07) is 5.30. The summed E-state index contributed by atoms with van der Waals surface area (Å²) in [7, 11) is 0. The van der Waals surface area contributed by atoms with E-state index in [0.29, 0.717) is 37.2 Å². The Balaban J connectivity index is 2.58. The zero-order valence-electron chi connectivity index (χ0n) is 15.6. The maximum Gasteiger partial charge on any atom is 0.249 e. The van der Waals surface area contributed by atoms with Crippen molar-refractivity contribution < 1.29 is 19.1 Å². The highest BCUT2D eigenvalue weighted by atomic mass is 16.5. The molecule has 1 aromatic rings. The van der Waals surface area contributed by atoms with Crippen LogP contribution >= 0.6 is 0 Å². The van der Waals surface area contributed by atoms with Crippen LogP contribution in [0.1, 0.15) is 32.8 Å². The molecule has 0 heterocycles. The van der Waals surface area contributed by atoms with E-state index in [2.05, 4.69) is 22.4 Å². The van der Waals surface area contributed by atoms with Gasteiger partial charge in [0.05, 0.1) is 12.8 Å². The molecule has 0 aromatic heterocycles. The lowest BCUT2D eigenvalue weighted by Crippen LogP contribution is -2.32. The molecule has 1 rings (SSSR count). The molecule has 0 saturated carbocycles. The number of hydrazone groups is 1. The van der Waals surface area contributed by atoms with Crippen molar-refractivity contribution in [3.05, 3.63) is 36.4 Å². The van der Waals surface area contributed by atoms with Crippen LogP contribution in [-0.2, 0) is 9.59 Å². The van der Waals surface area contributed by atoms with E-state index in [1.165, 1.54) is 6.21 Å². The Morgan fingerprint density at radius 2 is 2.00 bits per heavy atom. The molecule has 142 valence electrons. The zero-order valence-corrected chi connectivity index (χ0v) is 15.6. The van der Waals surface area contributed by atoms with E-state index < -0.39 is 5.91 Å². The third-order valence-electron chi connectivity index (χ3n) is 3.06. The van der Waals surface area contributed by atoms with Crippen molar-refractivity contribution in [1.82, 2.24) is 10.7 Å². The van der Waals surface area contributed by atoms with Crippen LogP contribution in [0, 0.1) is 5.92 Å². The maximum absolute atomic E-state index is 11.7. The van der Waals surface area contributed by atoms with Crippen LogP contribution in [0.2, 0.25) is 0 Å². The minimum Gasteiger partial charge on any atom is -0.490 e. The number of nitrogens with one attached hydrogen (secondary N) is 2. The number of hydrogen-bond acceptors (Lipinski definition) is 5. The molecule has 26 heavy (non-hydrogen) atoms. The summed E-state index contributed by atoms with van der Waals surface area (Å²) in [5, 5.41) is 6.54. The van der Waals surface area contributed by atoms with Crippen LogP contribution in [0.4, 0.5) is 0 Å². The van der Waals surface area contributed by atoms with Crippen molar-refractivity contribution in [1.29, 1.82) is 0 Å². The Kier molecular flexibility index (Phi) is 9.53. The van der Waals surface area contributed by atoms with Crippen molar-refractivity contribution in [2.75, 3.05) is 19.8 Å². The molecule has 7 heteroatoms. The summed E-state index contributed by atoms with van der Waals surface area (Å²) >= 11 is 0. The van der Waals surface area contributed by atoms with Crippen molar-refractivity contribution in [3.63, 3.8) is 0 Å². The summed E-state index contributed by atoms with van der Waals surface area (Å²) in [6.45, 7) is 10.9. The molecule has 0 atom stereocenters. The molecule has 0 aliphatic rings. The van der Waals surface area contributed by atoms with Crippen LogP contribution in [0.25, 0.3) is 0 Å². The van der Waals surface area contributed by atoms with Crippen molar-refractivity contribution in [3.8, 4) is 11.5 Å². The van der Waals surface area contributed by atoms with E-state index in [4.69, 9.17) is 9.47 Å². The molecule has 0 bridgehead atoms. The average molecular weight is 361 g/mol. The van der Waals surface area contributed by atoms with Gasteiger partial charge in [0.1, 0.15) is 13.0 Å². The fraction of sp³-hybridized carbons (Fsp3) is 0.421. The lowest BCUT2D eigenvalue weighted by molar-refractivity contribution is -0.129. The van der Waals surface area contributed by atoms with Gasteiger partial charge < -0.3 is 14.8 Å². The molecule has 1 aromatic carbocycles. The smallest absolute Gasteiger partial charge is 0.249 e. The molecule has 0 fully saturated rings. The minimum atomic E-state index is -0.474. The summed E-state index contributed by atoms with van der Waals surface area (Å²) in [4.78, 5) is 23.3. The molecule has 0 aliphatic heterocycles. The number of benzene rings is 1. The Hall–Kier alpha value is -2.83. The molecule has 0 spiro atoms. The van der Waals surface area contributed by atoms with Gasteiger partial charge in [0.25, 0.3) is 0 Å². The van der Waals surface area contributed by atoms with Gasteiger partial charge in [-0.2, -0.15) is 5.10 Å². The maximum atomic E-state index is 11.7. The molecule has 0 aliphatic carbocycles. The van der Waals surface area contributed by atoms with E-state index >= 15 is 0 Å². The van der Waals surface area contributed by atoms with E-state index in [-0.39, 0.29) is 12.3 Å². The van der Waals surface area contributed by atoms with Crippen molar-refractivity contribution in [2.45, 2.75) is 27.2 Å². The van der Waals surface area contributed by atoms with Gasteiger partial charge in [0, 0.05) is 6.54 Å². The standard InChI is InChI=1S/C19H27N3O4/c1-5-9-26-16-8-7-15(10-17(16)25-6-2)13-21-22-19(24)11-18(23)20-12-14(3)4/h5,7-8,10,13-14H,1,6,9,11-12H2,2-4H3,(H,20,23)(H,22,24)/b21-13-. The molecule has 0 unspecified atom stereocenters. The van der Waals surface area contributed by atoms with Gasteiger partial charge in [-0.1, -0.05) is 26.5 Å². The van der Waals surface area contributed by atoms with Gasteiger partial charge in [-0.15, -0.1) is 0 Å². The third-order valence-corrected chi connectivity index (χ3v) is 3.06. The lowest BCUT2D eigenvalue weighted by atomic mass is 10.2. The van der Waals surface area contributed by atoms with E-state index in [1.54, 1.807) is 24.3 Å². The van der Waals surface area contributed by atoms with Crippen LogP contribution in [0.3, 0.4) is 0 Å². The summed E-state index contributed by atoms with van der Waals surface area (Å²) in [5.41, 5.74) is 3.06. The lowest BCUT2D eigenvalue weighted by Gasteiger charge is -2.11. The topological polar surface area (TPSA) is 89.0 Å². The first-order valence-corrected chi connectivity index (χ1v) is 8.55. The monoisotopic (exact) mass is 361 g/mol. The molecule has 7 nitrogen and oxygen atoms in total. The number of rotatable bonds is 11. The number of carbonyl (C=O) groups excluding carboxylic acids is 2. The van der Waals surface area contributed by atoms with Gasteiger partial charge in [-0.25, -0.2) is 5.43 Å². The summed E-state index contributed by atoms with van der Waals surface area (Å²) < 4.78 is 11.1. The highest BCUT2D eigenvalue weighted by Crippen LogP contribution is 2.28. The van der Waals surface area contributed by atoms with E-state index in [0.717, 1.165) is 5.56 Å². The predicted octanol–water partition coefficient (Wildman–Crippen LogP) is 2.26. The second-order valence-electron chi connectivity index (χ2n) is 5.91. The van der Waals surface area contributed by atoms with Gasteiger partial charge >= 0.3 is 0 Å². The highest BCUT2D eigenvalue weighted by Gasteiger charge is 2.09. The fourth-order valence-corrected chi connectivity index (χ4v) is 1.89. The molecule has 0 radical (unpaired) electrons. The van der Waals surface area contributed by atoms with Gasteiger partial charge in [0.15, 0.2) is 11.5 Å². The Morgan fingerprint density at radius 3 is 2.65 bits per heavy atom. The molecule has 2 amide bonds. The minimum absolute atomic E-state index is 0.261. The molecule has 0 saturated heterocycles. The number of nitrogens with zero attached hydrogens (tertiary/aromatic N) is 1. The second-order valence-corrected chi connectivity index (χ2v) is 5.91. The normalized spacial score (nSPS) is 10.6. The number of hydrogen-bond donors (Lipinski definition) is 2. The second kappa shape index (κ2) is 11.7. The largest absolute Gasteiger partial charge is 0.490 e. The zero-order chi connectivity index (χ0) is 19.4. The van der Waals surface area contributed by atoms with Crippen LogP contribution in [0.5, 0.6) is 11.5 Å². The molecule has 2 N–H and O–H groups in total. The van der Waals surface area contributed by atoms with Crippen LogP contribution in [-0.4, -0.2) is 37.8 Å². The molecular formula is C19H27N3O4. The first-order chi connectivity index (χ1) is 12.5. The quantitative estimate of drug-likeness (QED) is 0.274. The Labute approximate surface area is 154 Å². The number of carbonyl (C=O) groups is 2. The summed E-state index contributed by atoms with van der Waals surface area (Å²) in [6.07, 6.45) is 2.87. The predicted molar refractivity (Wildman–Crippen MR) is 102 cm³/mol. The summed E-state index contributed by atoms with van der Waals surface area (Å²) in [5.74, 6) is 0.720. The van der Waals surface area contributed by atoms with Crippen LogP contribution < -0.4 is 20.2 Å². The SMILES string of the molecule is C=CCOc1ccc(/C=N\NC(=O)CC(=O)NCC(C)C)cc1OCC. The Bertz CT molecular complexity index is 642. The van der Waals surface area contributed by atoms with Crippen molar-refractivity contribution in [2.24, 2.45) is 11.0 Å². The van der Waals surface area contributed by atoms with Gasteiger partial charge in [-0.3, -0.25) is 9.59 Å². The van der Waals surface area contributed by atoms with Gasteiger partial charge in [0.2, 0.25) is 11.8 Å². The average Bonchev–Trinajstić information content (AvgIpc) is 2.59. The van der Waals surface area contributed by atoms with Gasteiger partial charge in [-0.05, 0) is 36.6 Å². The number of amides is 2. The first kappa shape index (κ1) is 21.2. The third kappa shape index (κ3) is 8.32.